The van der Waals surface area contributed by atoms with Crippen molar-refractivity contribution >= 4 is 43.6 Å². The summed E-state index contributed by atoms with van der Waals surface area (Å²) in [6.07, 6.45) is 0. The normalized spacial score (nSPS) is 11.6. The van der Waals surface area contributed by atoms with Gasteiger partial charge in [-0.15, -0.1) is 0 Å². The summed E-state index contributed by atoms with van der Waals surface area (Å²) in [5, 5.41) is 4.44. The molecule has 0 aliphatic rings. The van der Waals surface area contributed by atoms with Crippen LogP contribution in [0.2, 0.25) is 0 Å². The lowest BCUT2D eigenvalue weighted by Gasteiger charge is -2.20. The molecule has 0 unspecified atom stereocenters. The molecule has 13 aromatic rings. The van der Waals surface area contributed by atoms with Crippen LogP contribution in [0.3, 0.4) is 0 Å². The summed E-state index contributed by atoms with van der Waals surface area (Å²) < 4.78 is 4.78. The molecule has 8 aromatic carbocycles. The second-order valence-corrected chi connectivity index (χ2v) is 18.1. The van der Waals surface area contributed by atoms with Crippen LogP contribution in [0, 0.1) is 27.7 Å². The molecule has 342 valence electrons. The molecule has 5 aromatic heterocycles. The summed E-state index contributed by atoms with van der Waals surface area (Å²) in [7, 11) is 0. The second-order valence-electron chi connectivity index (χ2n) is 18.1. The largest absolute Gasteiger partial charge is 0.309 e. The van der Waals surface area contributed by atoms with Crippen molar-refractivity contribution in [1.82, 2.24) is 49.0 Å². The van der Waals surface area contributed by atoms with Crippen LogP contribution in [-0.2, 0) is 0 Å². The first kappa shape index (κ1) is 42.6. The third-order valence-electron chi connectivity index (χ3n) is 13.4. The minimum absolute atomic E-state index is 0.628. The highest BCUT2D eigenvalue weighted by atomic mass is 15.0. The maximum Gasteiger partial charge on any atom is 0.163 e. The molecule has 10 heteroatoms. The number of hydrogen-bond donors (Lipinski definition) is 0. The van der Waals surface area contributed by atoms with Gasteiger partial charge in [-0.3, -0.25) is 0 Å². The van der Waals surface area contributed by atoms with Gasteiger partial charge in [-0.2, -0.15) is 0 Å². The van der Waals surface area contributed by atoms with Gasteiger partial charge in [0.05, 0.1) is 44.8 Å². The van der Waals surface area contributed by atoms with Crippen molar-refractivity contribution in [2.75, 3.05) is 0 Å². The number of para-hydroxylation sites is 3. The molecule has 13 rings (SSSR count). The van der Waals surface area contributed by atoms with Gasteiger partial charge in [-0.25, -0.2) is 39.9 Å². The van der Waals surface area contributed by atoms with Crippen LogP contribution < -0.4 is 0 Å². The van der Waals surface area contributed by atoms with E-state index in [9.17, 15) is 0 Å². The fourth-order valence-corrected chi connectivity index (χ4v) is 10.3. The van der Waals surface area contributed by atoms with Crippen molar-refractivity contribution < 1.29 is 0 Å². The average molecular weight is 929 g/mol. The second kappa shape index (κ2) is 17.1. The fourth-order valence-electron chi connectivity index (χ4n) is 10.3. The van der Waals surface area contributed by atoms with Gasteiger partial charge in [0.2, 0.25) is 0 Å². The summed E-state index contributed by atoms with van der Waals surface area (Å²) in [5.41, 5.74) is 14.8. The Morgan fingerprint density at radius 1 is 0.264 bits per heavy atom. The maximum atomic E-state index is 5.32. The van der Waals surface area contributed by atoms with Gasteiger partial charge >= 0.3 is 0 Å². The molecule has 72 heavy (non-hydrogen) atoms. The summed E-state index contributed by atoms with van der Waals surface area (Å²) in [6, 6.07) is 68.4. The van der Waals surface area contributed by atoms with Crippen molar-refractivity contribution in [2.45, 2.75) is 27.7 Å². The van der Waals surface area contributed by atoms with Crippen LogP contribution in [0.4, 0.5) is 0 Å². The van der Waals surface area contributed by atoms with Gasteiger partial charge in [-0.05, 0) is 107 Å². The van der Waals surface area contributed by atoms with Crippen molar-refractivity contribution in [2.24, 2.45) is 0 Å². The molecular formula is C62H44N10. The molecule has 0 atom stereocenters. The zero-order valence-corrected chi connectivity index (χ0v) is 39.9. The SMILES string of the molecule is Cc1nc(C)nc(-c2ccc3c(c2)c2ccccc2n3-c2ccccc2-c2cc(-c3nc(-c4ccccc4)cc(-c4ccccc4)n3)ccc2-n2c3ccccc3c3cc(-c4nc(C)nc(C)n4)ccc32)n1. The number of benzene rings is 8. The monoisotopic (exact) mass is 928 g/mol. The van der Waals surface area contributed by atoms with Crippen LogP contribution in [-0.4, -0.2) is 49.0 Å². The van der Waals surface area contributed by atoms with Crippen molar-refractivity contribution in [3.05, 3.63) is 217 Å². The Bertz CT molecular complexity index is 4170. The van der Waals surface area contributed by atoms with E-state index in [1.54, 1.807) is 0 Å². The van der Waals surface area contributed by atoms with Crippen molar-refractivity contribution in [3.8, 4) is 79.2 Å². The highest BCUT2D eigenvalue weighted by molar-refractivity contribution is 6.12. The Kier molecular flexibility index (Phi) is 10.1. The first-order chi connectivity index (χ1) is 35.3. The Morgan fingerprint density at radius 3 is 1.17 bits per heavy atom. The summed E-state index contributed by atoms with van der Waals surface area (Å²) in [4.78, 5) is 38.5. The van der Waals surface area contributed by atoms with E-state index < -0.39 is 0 Å². The number of aryl methyl sites for hydroxylation is 4. The van der Waals surface area contributed by atoms with Gasteiger partial charge in [0.15, 0.2) is 17.5 Å². The van der Waals surface area contributed by atoms with Crippen molar-refractivity contribution in [1.29, 1.82) is 0 Å². The van der Waals surface area contributed by atoms with E-state index >= 15 is 0 Å². The summed E-state index contributed by atoms with van der Waals surface area (Å²) >= 11 is 0. The molecule has 0 saturated carbocycles. The highest BCUT2D eigenvalue weighted by Gasteiger charge is 2.23. The first-order valence-corrected chi connectivity index (χ1v) is 24.0. The van der Waals surface area contributed by atoms with Crippen LogP contribution in [0.5, 0.6) is 0 Å². The molecule has 0 saturated heterocycles. The molecule has 0 fully saturated rings. The van der Waals surface area contributed by atoms with Gasteiger partial charge in [0.1, 0.15) is 23.3 Å². The van der Waals surface area contributed by atoms with E-state index in [0.29, 0.717) is 40.8 Å². The molecule has 0 radical (unpaired) electrons. The predicted molar refractivity (Wildman–Crippen MR) is 289 cm³/mol. The zero-order valence-electron chi connectivity index (χ0n) is 39.9. The molecule has 0 N–H and O–H groups in total. The topological polar surface area (TPSA) is 113 Å². The average Bonchev–Trinajstić information content (AvgIpc) is 3.92. The lowest BCUT2D eigenvalue weighted by molar-refractivity contribution is 0.928. The summed E-state index contributed by atoms with van der Waals surface area (Å²) in [6.45, 7) is 7.64. The van der Waals surface area contributed by atoms with Gasteiger partial charge in [0.25, 0.3) is 0 Å². The van der Waals surface area contributed by atoms with Gasteiger partial charge in [-0.1, -0.05) is 115 Å². The van der Waals surface area contributed by atoms with E-state index in [0.717, 1.165) is 105 Å². The maximum absolute atomic E-state index is 5.32. The predicted octanol–water partition coefficient (Wildman–Crippen LogP) is 14.3. The molecule has 0 bridgehead atoms. The quantitative estimate of drug-likeness (QED) is 0.148. The third-order valence-corrected chi connectivity index (χ3v) is 13.4. The number of hydrogen-bond acceptors (Lipinski definition) is 8. The lowest BCUT2D eigenvalue weighted by Crippen LogP contribution is -2.03. The smallest absolute Gasteiger partial charge is 0.163 e. The lowest BCUT2D eigenvalue weighted by atomic mass is 9.97. The highest BCUT2D eigenvalue weighted by Crippen LogP contribution is 2.43. The zero-order chi connectivity index (χ0) is 48.5. The Morgan fingerprint density at radius 2 is 0.653 bits per heavy atom. The number of fused-ring (bicyclic) bond motifs is 6. The molecular weight excluding hydrogens is 885 g/mol. The first-order valence-electron chi connectivity index (χ1n) is 24.0. The van der Waals surface area contributed by atoms with Crippen LogP contribution in [0.15, 0.2) is 194 Å². The summed E-state index contributed by atoms with van der Waals surface area (Å²) in [5.74, 6) is 4.70. The van der Waals surface area contributed by atoms with Gasteiger partial charge < -0.3 is 9.13 Å². The Labute approximate surface area is 415 Å². The Hall–Kier alpha value is -9.54. The van der Waals surface area contributed by atoms with Gasteiger partial charge in [0, 0.05) is 60.5 Å². The molecule has 0 spiro atoms. The molecule has 5 heterocycles. The van der Waals surface area contributed by atoms with E-state index in [-0.39, 0.29) is 0 Å². The van der Waals surface area contributed by atoms with E-state index in [4.69, 9.17) is 29.9 Å². The van der Waals surface area contributed by atoms with Crippen LogP contribution in [0.25, 0.3) is 123 Å². The van der Waals surface area contributed by atoms with Crippen LogP contribution >= 0.6 is 0 Å². The van der Waals surface area contributed by atoms with E-state index in [1.165, 1.54) is 0 Å². The minimum Gasteiger partial charge on any atom is -0.309 e. The molecule has 10 nitrogen and oxygen atoms in total. The number of aromatic nitrogens is 10. The van der Waals surface area contributed by atoms with E-state index in [1.807, 2.05) is 64.1 Å². The van der Waals surface area contributed by atoms with Crippen LogP contribution in [0.1, 0.15) is 23.3 Å². The number of rotatable bonds is 8. The fraction of sp³-hybridized carbons (Fsp3) is 0.0645. The Balaban J connectivity index is 1.08. The molecule has 0 aliphatic carbocycles. The third kappa shape index (κ3) is 7.36. The molecule has 0 amide bonds. The number of nitrogens with zero attached hydrogens (tertiary/aromatic N) is 10. The minimum atomic E-state index is 0.628. The molecule has 0 aliphatic heterocycles. The van der Waals surface area contributed by atoms with Crippen molar-refractivity contribution in [3.63, 3.8) is 0 Å². The standard InChI is InChI=1S/C62H44N10/c1-37-63-38(2)66-60(65-37)43-27-30-57-49(33-43)46-21-11-14-24-54(46)71(57)55-25-15-12-22-47(55)51-35-45(62-69-52(41-17-7-5-8-18-41)36-53(70-62)42-19-9-6-10-20-42)29-32-59(51)72-56-26-16-13-23-48(56)50-34-44(28-31-58(50)72)61-67-39(3)64-40(4)68-61/h5-36H,1-4H3. The van der Waals surface area contributed by atoms with E-state index in [2.05, 4.69) is 177 Å².